The van der Waals surface area contributed by atoms with Gasteiger partial charge in [-0.15, -0.1) is 0 Å². The molecule has 0 saturated heterocycles. The normalized spacial score (nSPS) is 14.9. The number of anilines is 1. The Morgan fingerprint density at radius 2 is 1.31 bits per heavy atom. The molecule has 0 unspecified atom stereocenters. The predicted molar refractivity (Wildman–Crippen MR) is 115 cm³/mol. The zero-order valence-electron chi connectivity index (χ0n) is 14.2. The quantitative estimate of drug-likeness (QED) is 0.237. The van der Waals surface area contributed by atoms with Crippen molar-refractivity contribution in [2.24, 2.45) is 0 Å². The lowest BCUT2D eigenvalue weighted by molar-refractivity contribution is 0.0925. The lowest BCUT2D eigenvalue weighted by atomic mass is 9.91. The number of hydrogen-bond acceptors (Lipinski definition) is 3. The molecule has 0 spiro atoms. The Morgan fingerprint density at radius 3 is 1.93 bits per heavy atom. The number of ketones is 1. The summed E-state index contributed by atoms with van der Waals surface area (Å²) in [4.78, 5) is 39.6. The number of hydrogen-bond donors (Lipinski definition) is 0. The molecule has 0 bridgehead atoms. The second-order valence-electron chi connectivity index (χ2n) is 6.55. The van der Waals surface area contributed by atoms with Crippen molar-refractivity contribution in [3.05, 3.63) is 78.8 Å². The van der Waals surface area contributed by atoms with E-state index in [0.717, 1.165) is 10.5 Å². The molecule has 0 fully saturated rings. The van der Waals surface area contributed by atoms with Gasteiger partial charge in [0.1, 0.15) is 0 Å². The molecule has 2 aliphatic rings. The Hall–Kier alpha value is -2.37. The van der Waals surface area contributed by atoms with Crippen LogP contribution in [0.5, 0.6) is 0 Å². The van der Waals surface area contributed by atoms with Gasteiger partial charge in [0.25, 0.3) is 11.8 Å². The van der Waals surface area contributed by atoms with Gasteiger partial charge in [-0.1, -0.05) is 76.7 Å². The SMILES string of the molecule is O=C1C=Cc2ccc(N3C(=O)c4c(Cl)c(Cl)c(Cl)c(Cl)c4C3=O)c3cccc1c23. The largest absolute Gasteiger partial charge is 0.289 e. The summed E-state index contributed by atoms with van der Waals surface area (Å²) in [6, 6.07) is 8.55. The lowest BCUT2D eigenvalue weighted by Gasteiger charge is -2.20. The highest BCUT2D eigenvalue weighted by atomic mass is 35.5. The van der Waals surface area contributed by atoms with Crippen LogP contribution in [0.2, 0.25) is 20.1 Å². The fraction of sp³-hybridized carbons (Fsp3) is 0. The molecule has 2 amide bonds. The second-order valence-corrected chi connectivity index (χ2v) is 8.06. The van der Waals surface area contributed by atoms with Crippen LogP contribution in [0, 0.1) is 0 Å². The first-order valence-electron chi connectivity index (χ1n) is 8.35. The Bertz CT molecular complexity index is 1310. The number of fused-ring (bicyclic) bond motifs is 1. The van der Waals surface area contributed by atoms with Crippen molar-refractivity contribution in [3.8, 4) is 0 Å². The Morgan fingerprint density at radius 1 is 0.690 bits per heavy atom. The second kappa shape index (κ2) is 6.31. The summed E-state index contributed by atoms with van der Waals surface area (Å²) in [6.45, 7) is 0. The molecule has 1 aliphatic carbocycles. The third kappa shape index (κ3) is 2.37. The molecule has 142 valence electrons. The van der Waals surface area contributed by atoms with Crippen LogP contribution in [0.15, 0.2) is 36.4 Å². The third-order valence-electron chi connectivity index (χ3n) is 5.07. The van der Waals surface area contributed by atoms with E-state index in [0.29, 0.717) is 22.0 Å². The summed E-state index contributed by atoms with van der Waals surface area (Å²) in [7, 11) is 0. The van der Waals surface area contributed by atoms with Gasteiger partial charge in [0, 0.05) is 16.3 Å². The molecule has 8 heteroatoms. The zero-order chi connectivity index (χ0) is 20.6. The molecule has 1 aliphatic heterocycles. The number of halogens is 4. The minimum Gasteiger partial charge on any atom is -0.289 e. The summed E-state index contributed by atoms with van der Waals surface area (Å²) in [5, 5.41) is 0.815. The topological polar surface area (TPSA) is 54.5 Å². The van der Waals surface area contributed by atoms with Crippen LogP contribution >= 0.6 is 46.4 Å². The van der Waals surface area contributed by atoms with E-state index >= 15 is 0 Å². The predicted octanol–water partition coefficient (Wildman–Crippen LogP) is 6.46. The van der Waals surface area contributed by atoms with E-state index in [2.05, 4.69) is 0 Å². The van der Waals surface area contributed by atoms with E-state index in [1.807, 2.05) is 0 Å². The van der Waals surface area contributed by atoms with Gasteiger partial charge in [0.2, 0.25) is 0 Å². The standard InChI is InChI=1S/C21H7Cl4NO3/c22-16-14-15(17(23)19(25)18(16)24)21(29)26(20(14)28)11-6-4-8-5-7-12(27)10-3-1-2-9(11)13(8)10/h1-7H. The summed E-state index contributed by atoms with van der Waals surface area (Å²) < 4.78 is 0. The number of carbonyl (C=O) groups is 3. The molecular formula is C21H7Cl4NO3. The molecule has 3 aromatic rings. The lowest BCUT2D eigenvalue weighted by Crippen LogP contribution is -2.29. The third-order valence-corrected chi connectivity index (χ3v) is 6.87. The first-order valence-corrected chi connectivity index (χ1v) is 9.87. The zero-order valence-corrected chi connectivity index (χ0v) is 17.2. The van der Waals surface area contributed by atoms with Crippen LogP contribution in [0.25, 0.3) is 16.8 Å². The molecule has 0 N–H and O–H groups in total. The monoisotopic (exact) mass is 461 g/mol. The first-order chi connectivity index (χ1) is 13.8. The van der Waals surface area contributed by atoms with E-state index < -0.39 is 11.8 Å². The van der Waals surface area contributed by atoms with E-state index in [-0.39, 0.29) is 37.0 Å². The molecule has 29 heavy (non-hydrogen) atoms. The minimum absolute atomic E-state index is 0.0901. The van der Waals surface area contributed by atoms with Gasteiger partial charge in [-0.05, 0) is 17.7 Å². The van der Waals surface area contributed by atoms with Crippen molar-refractivity contribution in [3.63, 3.8) is 0 Å². The number of carbonyl (C=O) groups excluding carboxylic acids is 3. The van der Waals surface area contributed by atoms with E-state index in [1.54, 1.807) is 36.4 Å². The summed E-state index contributed by atoms with van der Waals surface area (Å²) >= 11 is 24.6. The van der Waals surface area contributed by atoms with Gasteiger partial charge in [-0.25, -0.2) is 4.90 Å². The number of nitrogens with zero attached hydrogens (tertiary/aromatic N) is 1. The number of allylic oxidation sites excluding steroid dienone is 1. The number of rotatable bonds is 1. The molecular weight excluding hydrogens is 456 g/mol. The smallest absolute Gasteiger partial charge is 0.267 e. The van der Waals surface area contributed by atoms with Crippen molar-refractivity contribution < 1.29 is 14.4 Å². The van der Waals surface area contributed by atoms with Crippen LogP contribution < -0.4 is 4.90 Å². The van der Waals surface area contributed by atoms with Crippen LogP contribution in [-0.4, -0.2) is 17.6 Å². The molecule has 5 rings (SSSR count). The van der Waals surface area contributed by atoms with Gasteiger partial charge in [-0.2, -0.15) is 0 Å². The number of imide groups is 1. The highest BCUT2D eigenvalue weighted by molar-refractivity contribution is 6.56. The van der Waals surface area contributed by atoms with Gasteiger partial charge in [-0.3, -0.25) is 14.4 Å². The van der Waals surface area contributed by atoms with Crippen LogP contribution in [0.1, 0.15) is 36.6 Å². The summed E-state index contributed by atoms with van der Waals surface area (Å²) in [6.07, 6.45) is 3.19. The molecule has 0 atom stereocenters. The van der Waals surface area contributed by atoms with Gasteiger partial charge >= 0.3 is 0 Å². The highest BCUT2D eigenvalue weighted by Gasteiger charge is 2.43. The molecule has 0 radical (unpaired) electrons. The van der Waals surface area contributed by atoms with E-state index in [9.17, 15) is 14.4 Å². The Kier molecular flexibility index (Phi) is 4.06. The average molecular weight is 463 g/mol. The van der Waals surface area contributed by atoms with Crippen molar-refractivity contribution in [2.75, 3.05) is 4.90 Å². The summed E-state index contributed by atoms with van der Waals surface area (Å²) in [5.74, 6) is -1.46. The molecule has 0 saturated carbocycles. The molecule has 1 heterocycles. The maximum atomic E-state index is 13.2. The van der Waals surface area contributed by atoms with Gasteiger partial charge < -0.3 is 0 Å². The first kappa shape index (κ1) is 18.6. The van der Waals surface area contributed by atoms with Crippen molar-refractivity contribution in [2.45, 2.75) is 0 Å². The minimum atomic E-state index is -0.658. The van der Waals surface area contributed by atoms with E-state index in [4.69, 9.17) is 46.4 Å². The maximum Gasteiger partial charge on any atom is 0.267 e. The molecule has 4 nitrogen and oxygen atoms in total. The Balaban J connectivity index is 1.80. The van der Waals surface area contributed by atoms with Gasteiger partial charge in [0.05, 0.1) is 36.9 Å². The summed E-state index contributed by atoms with van der Waals surface area (Å²) in [5.41, 5.74) is 1.46. The Labute approximate surface area is 184 Å². The van der Waals surface area contributed by atoms with Crippen LogP contribution in [-0.2, 0) is 0 Å². The van der Waals surface area contributed by atoms with Crippen molar-refractivity contribution in [1.82, 2.24) is 0 Å². The van der Waals surface area contributed by atoms with Crippen LogP contribution in [0.3, 0.4) is 0 Å². The fourth-order valence-electron chi connectivity index (χ4n) is 3.78. The average Bonchev–Trinajstić information content (AvgIpc) is 2.98. The van der Waals surface area contributed by atoms with Gasteiger partial charge in [0.15, 0.2) is 5.78 Å². The molecule has 0 aromatic heterocycles. The van der Waals surface area contributed by atoms with Crippen molar-refractivity contribution >= 4 is 86.5 Å². The fourth-order valence-corrected chi connectivity index (χ4v) is 4.80. The van der Waals surface area contributed by atoms with E-state index in [1.165, 1.54) is 6.08 Å². The van der Waals surface area contributed by atoms with Crippen molar-refractivity contribution in [1.29, 1.82) is 0 Å². The highest BCUT2D eigenvalue weighted by Crippen LogP contribution is 2.47. The maximum absolute atomic E-state index is 13.2. The molecule has 3 aromatic carbocycles. The van der Waals surface area contributed by atoms with Crippen LogP contribution in [0.4, 0.5) is 5.69 Å². The number of amides is 2. The number of benzene rings is 3.